The lowest BCUT2D eigenvalue weighted by Gasteiger charge is -2.35. The zero-order valence-corrected chi connectivity index (χ0v) is 16.8. The maximum absolute atomic E-state index is 13.5. The van der Waals surface area contributed by atoms with E-state index in [1.807, 2.05) is 24.0 Å². The standard InChI is InChI=1S/C21H21F4N5O/c1-13-11-27-19(28-13)14-2-5-18(26-12-14)29-6-8-30(9-7-29)20(31)16-10-15(22)3-4-17(16)21(23,24)25/h2-5,10,12-13H,6-9,11H2,1H3,(H,27,28). The molecule has 1 fully saturated rings. The Kier molecular flexibility index (Phi) is 5.55. The summed E-state index contributed by atoms with van der Waals surface area (Å²) in [6, 6.07) is 6.02. The molecule has 1 saturated heterocycles. The fourth-order valence-corrected chi connectivity index (χ4v) is 3.69. The molecule has 1 N–H and O–H groups in total. The lowest BCUT2D eigenvalue weighted by molar-refractivity contribution is -0.138. The molecule has 1 atom stereocenters. The molecule has 164 valence electrons. The third-order valence-corrected chi connectivity index (χ3v) is 5.34. The van der Waals surface area contributed by atoms with Crippen LogP contribution in [0.15, 0.2) is 41.5 Å². The first kappa shape index (κ1) is 21.1. The van der Waals surface area contributed by atoms with Crippen molar-refractivity contribution in [1.82, 2.24) is 15.2 Å². The summed E-state index contributed by atoms with van der Waals surface area (Å²) in [6.45, 7) is 3.99. The number of hydrogen-bond donors (Lipinski definition) is 1. The van der Waals surface area contributed by atoms with Crippen molar-refractivity contribution >= 4 is 17.6 Å². The minimum absolute atomic E-state index is 0.210. The molecule has 1 aromatic heterocycles. The van der Waals surface area contributed by atoms with Gasteiger partial charge in [-0.15, -0.1) is 0 Å². The number of amidine groups is 1. The first-order valence-corrected chi connectivity index (χ1v) is 9.91. The normalized spacial score (nSPS) is 19.3. The van der Waals surface area contributed by atoms with Gasteiger partial charge in [0.25, 0.3) is 5.91 Å². The first-order chi connectivity index (χ1) is 14.7. The van der Waals surface area contributed by atoms with Gasteiger partial charge in [0.1, 0.15) is 17.5 Å². The third-order valence-electron chi connectivity index (χ3n) is 5.34. The molecule has 0 aliphatic carbocycles. The largest absolute Gasteiger partial charge is 0.417 e. The molecule has 0 saturated carbocycles. The van der Waals surface area contributed by atoms with E-state index in [9.17, 15) is 22.4 Å². The van der Waals surface area contributed by atoms with Crippen LogP contribution in [0.25, 0.3) is 0 Å². The summed E-state index contributed by atoms with van der Waals surface area (Å²) in [6.07, 6.45) is -3.01. The maximum atomic E-state index is 13.5. The number of halogens is 4. The highest BCUT2D eigenvalue weighted by Gasteiger charge is 2.37. The summed E-state index contributed by atoms with van der Waals surface area (Å²) in [7, 11) is 0. The summed E-state index contributed by atoms with van der Waals surface area (Å²) in [4.78, 5) is 24.8. The monoisotopic (exact) mass is 435 g/mol. The van der Waals surface area contributed by atoms with Crippen LogP contribution in [0.5, 0.6) is 0 Å². The van der Waals surface area contributed by atoms with E-state index in [1.165, 1.54) is 4.90 Å². The fourth-order valence-electron chi connectivity index (χ4n) is 3.69. The van der Waals surface area contributed by atoms with Gasteiger partial charge in [-0.25, -0.2) is 9.37 Å². The van der Waals surface area contributed by atoms with Crippen LogP contribution < -0.4 is 10.2 Å². The molecule has 10 heteroatoms. The number of amides is 1. The molecule has 2 aromatic rings. The summed E-state index contributed by atoms with van der Waals surface area (Å²) in [5.74, 6) is -0.189. The Balaban J connectivity index is 1.42. The van der Waals surface area contributed by atoms with Crippen LogP contribution in [-0.2, 0) is 6.18 Å². The van der Waals surface area contributed by atoms with E-state index >= 15 is 0 Å². The molecule has 0 radical (unpaired) electrons. The quantitative estimate of drug-likeness (QED) is 0.754. The summed E-state index contributed by atoms with van der Waals surface area (Å²) in [5, 5.41) is 3.27. The summed E-state index contributed by atoms with van der Waals surface area (Å²) < 4.78 is 53.2. The van der Waals surface area contributed by atoms with Crippen LogP contribution in [0.1, 0.15) is 28.4 Å². The van der Waals surface area contributed by atoms with Gasteiger partial charge in [-0.2, -0.15) is 13.2 Å². The number of hydrogen-bond acceptors (Lipinski definition) is 5. The molecule has 0 bridgehead atoms. The molecule has 1 aromatic carbocycles. The second kappa shape index (κ2) is 8.16. The first-order valence-electron chi connectivity index (χ1n) is 9.91. The molecule has 1 amide bonds. The van der Waals surface area contributed by atoms with Crippen LogP contribution in [0.4, 0.5) is 23.4 Å². The zero-order valence-electron chi connectivity index (χ0n) is 16.8. The van der Waals surface area contributed by atoms with E-state index in [4.69, 9.17) is 0 Å². The summed E-state index contributed by atoms with van der Waals surface area (Å²) in [5.41, 5.74) is -0.911. The fraction of sp³-hybridized carbons (Fsp3) is 0.381. The second-order valence-electron chi connectivity index (χ2n) is 7.61. The van der Waals surface area contributed by atoms with E-state index in [-0.39, 0.29) is 19.1 Å². The Labute approximate surface area is 176 Å². The number of aromatic nitrogens is 1. The molecule has 4 rings (SSSR count). The predicted octanol–water partition coefficient (Wildman–Crippen LogP) is 2.94. The maximum Gasteiger partial charge on any atom is 0.417 e. The van der Waals surface area contributed by atoms with Gasteiger partial charge in [0, 0.05) is 44.0 Å². The van der Waals surface area contributed by atoms with Crippen molar-refractivity contribution in [2.24, 2.45) is 4.99 Å². The average Bonchev–Trinajstić information content (AvgIpc) is 3.19. The SMILES string of the molecule is CC1CN=C(c2ccc(N3CCN(C(=O)c4cc(F)ccc4C(F)(F)F)CC3)nc2)N1. The van der Waals surface area contributed by atoms with Gasteiger partial charge in [-0.3, -0.25) is 9.79 Å². The molecule has 2 aliphatic heterocycles. The Morgan fingerprint density at radius 1 is 1.13 bits per heavy atom. The van der Waals surface area contributed by atoms with Crippen molar-refractivity contribution in [3.05, 3.63) is 59.0 Å². The topological polar surface area (TPSA) is 60.8 Å². The minimum Gasteiger partial charge on any atom is -0.366 e. The smallest absolute Gasteiger partial charge is 0.366 e. The molecule has 2 aliphatic rings. The van der Waals surface area contributed by atoms with Crippen LogP contribution in [-0.4, -0.2) is 60.4 Å². The second-order valence-corrected chi connectivity index (χ2v) is 7.61. The van der Waals surface area contributed by atoms with E-state index in [0.29, 0.717) is 43.7 Å². The lowest BCUT2D eigenvalue weighted by Crippen LogP contribution is -2.49. The zero-order chi connectivity index (χ0) is 22.2. The van der Waals surface area contributed by atoms with Crippen LogP contribution >= 0.6 is 0 Å². The molecule has 1 unspecified atom stereocenters. The Hall–Kier alpha value is -3.17. The van der Waals surface area contributed by atoms with E-state index in [0.717, 1.165) is 11.4 Å². The highest BCUT2D eigenvalue weighted by atomic mass is 19.4. The highest BCUT2D eigenvalue weighted by molar-refractivity contribution is 6.00. The number of anilines is 1. The van der Waals surface area contributed by atoms with E-state index < -0.39 is 29.0 Å². The number of alkyl halides is 3. The van der Waals surface area contributed by atoms with Gasteiger partial charge >= 0.3 is 6.18 Å². The lowest BCUT2D eigenvalue weighted by atomic mass is 10.0. The summed E-state index contributed by atoms with van der Waals surface area (Å²) >= 11 is 0. The van der Waals surface area contributed by atoms with Crippen molar-refractivity contribution in [2.45, 2.75) is 19.1 Å². The number of rotatable bonds is 3. The third kappa shape index (κ3) is 4.47. The van der Waals surface area contributed by atoms with Crippen molar-refractivity contribution in [1.29, 1.82) is 0 Å². The van der Waals surface area contributed by atoms with Crippen LogP contribution in [0.3, 0.4) is 0 Å². The average molecular weight is 435 g/mol. The Morgan fingerprint density at radius 3 is 2.45 bits per heavy atom. The molecule has 31 heavy (non-hydrogen) atoms. The minimum atomic E-state index is -4.73. The van der Waals surface area contributed by atoms with Gasteiger partial charge in [0.15, 0.2) is 0 Å². The van der Waals surface area contributed by atoms with Crippen LogP contribution in [0, 0.1) is 5.82 Å². The molecular formula is C21H21F4N5O. The van der Waals surface area contributed by atoms with Gasteiger partial charge in [0.2, 0.25) is 0 Å². The van der Waals surface area contributed by atoms with Gasteiger partial charge in [-0.1, -0.05) is 0 Å². The number of carbonyl (C=O) groups is 1. The number of piperazine rings is 1. The van der Waals surface area contributed by atoms with Crippen molar-refractivity contribution in [3.8, 4) is 0 Å². The van der Waals surface area contributed by atoms with Crippen LogP contribution in [0.2, 0.25) is 0 Å². The molecule has 3 heterocycles. The van der Waals surface area contributed by atoms with E-state index in [1.54, 1.807) is 6.20 Å². The van der Waals surface area contributed by atoms with E-state index in [2.05, 4.69) is 15.3 Å². The van der Waals surface area contributed by atoms with Gasteiger partial charge in [0.05, 0.1) is 17.7 Å². The molecular weight excluding hydrogens is 414 g/mol. The van der Waals surface area contributed by atoms with Gasteiger partial charge in [-0.05, 0) is 37.3 Å². The Morgan fingerprint density at radius 2 is 1.87 bits per heavy atom. The van der Waals surface area contributed by atoms with Crippen molar-refractivity contribution < 1.29 is 22.4 Å². The number of pyridine rings is 1. The number of nitrogens with zero attached hydrogens (tertiary/aromatic N) is 4. The number of aliphatic imine (C=N–C) groups is 1. The number of benzene rings is 1. The predicted molar refractivity (Wildman–Crippen MR) is 108 cm³/mol. The van der Waals surface area contributed by atoms with Crippen molar-refractivity contribution in [3.63, 3.8) is 0 Å². The number of nitrogens with one attached hydrogen (secondary N) is 1. The molecule has 0 spiro atoms. The highest BCUT2D eigenvalue weighted by Crippen LogP contribution is 2.33. The number of carbonyl (C=O) groups excluding carboxylic acids is 1. The Bertz CT molecular complexity index is 998. The van der Waals surface area contributed by atoms with Crippen molar-refractivity contribution in [2.75, 3.05) is 37.6 Å². The van der Waals surface area contributed by atoms with Gasteiger partial charge < -0.3 is 15.1 Å². The molecule has 6 nitrogen and oxygen atoms in total.